The number of nitrogens with zero attached hydrogens (tertiary/aromatic N) is 2. The average Bonchev–Trinajstić information content (AvgIpc) is 3.16. The van der Waals surface area contributed by atoms with E-state index < -0.39 is 5.60 Å². The van der Waals surface area contributed by atoms with Gasteiger partial charge < -0.3 is 14.4 Å². The van der Waals surface area contributed by atoms with Crippen molar-refractivity contribution in [2.45, 2.75) is 26.0 Å². The summed E-state index contributed by atoms with van der Waals surface area (Å²) < 4.78 is 7.58. The van der Waals surface area contributed by atoms with Crippen LogP contribution in [0, 0.1) is 0 Å². The fraction of sp³-hybridized carbons (Fsp3) is 0.200. The van der Waals surface area contributed by atoms with Crippen LogP contribution in [0.5, 0.6) is 5.75 Å². The van der Waals surface area contributed by atoms with Crippen molar-refractivity contribution in [3.05, 3.63) is 95.8 Å². The molecule has 30 heavy (non-hydrogen) atoms. The van der Waals surface area contributed by atoms with Gasteiger partial charge in [0, 0.05) is 12.6 Å². The standard InChI is InChI=1S/C25H24N2O3/c1-3-27-23-16-21(30-17-18(2)28)14-15-22(23)26-24(27)25(29,19-10-6-4-7-11-19)20-12-8-5-9-13-20/h4-16,29H,3,17H2,1-2H3. The van der Waals surface area contributed by atoms with E-state index in [9.17, 15) is 9.90 Å². The quantitative estimate of drug-likeness (QED) is 0.502. The summed E-state index contributed by atoms with van der Waals surface area (Å²) in [5.74, 6) is 1.10. The second kappa shape index (κ2) is 8.13. The second-order valence-corrected chi connectivity index (χ2v) is 7.26. The van der Waals surface area contributed by atoms with Crippen molar-refractivity contribution in [2.75, 3.05) is 6.61 Å². The van der Waals surface area contributed by atoms with Crippen molar-refractivity contribution >= 4 is 16.8 Å². The van der Waals surface area contributed by atoms with E-state index in [1.165, 1.54) is 6.92 Å². The Labute approximate surface area is 175 Å². The van der Waals surface area contributed by atoms with Crippen molar-refractivity contribution in [3.8, 4) is 5.75 Å². The number of carbonyl (C=O) groups is 1. The molecule has 4 rings (SSSR count). The topological polar surface area (TPSA) is 64.3 Å². The molecule has 0 fully saturated rings. The highest BCUT2D eigenvalue weighted by Gasteiger charge is 2.38. The van der Waals surface area contributed by atoms with E-state index in [4.69, 9.17) is 9.72 Å². The van der Waals surface area contributed by atoms with E-state index in [0.717, 1.165) is 22.2 Å². The lowest BCUT2D eigenvalue weighted by Gasteiger charge is -2.29. The molecule has 0 aliphatic carbocycles. The SMILES string of the molecule is CCn1c(C(O)(c2ccccc2)c2ccccc2)nc2ccc(OCC(C)=O)cc21. The predicted octanol–water partition coefficient (Wildman–Crippen LogP) is 4.31. The maximum atomic E-state index is 12.1. The molecule has 5 heteroatoms. The number of hydrogen-bond acceptors (Lipinski definition) is 4. The highest BCUT2D eigenvalue weighted by atomic mass is 16.5. The number of aromatic nitrogens is 2. The minimum atomic E-state index is -1.42. The Hall–Kier alpha value is -3.44. The van der Waals surface area contributed by atoms with E-state index in [2.05, 4.69) is 0 Å². The molecule has 0 atom stereocenters. The smallest absolute Gasteiger partial charge is 0.173 e. The summed E-state index contributed by atoms with van der Waals surface area (Å²) in [6.07, 6.45) is 0. The van der Waals surface area contributed by atoms with Crippen molar-refractivity contribution in [3.63, 3.8) is 0 Å². The van der Waals surface area contributed by atoms with Crippen molar-refractivity contribution < 1.29 is 14.6 Å². The van der Waals surface area contributed by atoms with Crippen LogP contribution in [0.4, 0.5) is 0 Å². The third-order valence-corrected chi connectivity index (χ3v) is 5.18. The van der Waals surface area contributed by atoms with Crippen LogP contribution in [0.15, 0.2) is 78.9 Å². The Morgan fingerprint density at radius 3 is 2.13 bits per heavy atom. The second-order valence-electron chi connectivity index (χ2n) is 7.26. The molecule has 1 aromatic heterocycles. The normalized spacial score (nSPS) is 11.6. The van der Waals surface area contributed by atoms with Crippen molar-refractivity contribution in [1.29, 1.82) is 0 Å². The number of ether oxygens (including phenoxy) is 1. The van der Waals surface area contributed by atoms with Gasteiger partial charge in [-0.05, 0) is 37.1 Å². The first-order valence-corrected chi connectivity index (χ1v) is 10.0. The van der Waals surface area contributed by atoms with Crippen LogP contribution in [0.3, 0.4) is 0 Å². The van der Waals surface area contributed by atoms with Gasteiger partial charge in [-0.3, -0.25) is 4.79 Å². The number of fused-ring (bicyclic) bond motifs is 1. The van der Waals surface area contributed by atoms with Crippen LogP contribution in [0.1, 0.15) is 30.8 Å². The molecule has 0 saturated heterocycles. The molecule has 0 unspecified atom stereocenters. The highest BCUT2D eigenvalue weighted by Crippen LogP contribution is 2.38. The van der Waals surface area contributed by atoms with E-state index in [0.29, 0.717) is 18.1 Å². The average molecular weight is 400 g/mol. The van der Waals surface area contributed by atoms with Gasteiger partial charge in [0.2, 0.25) is 0 Å². The highest BCUT2D eigenvalue weighted by molar-refractivity contribution is 5.79. The maximum Gasteiger partial charge on any atom is 0.173 e. The van der Waals surface area contributed by atoms with Gasteiger partial charge >= 0.3 is 0 Å². The zero-order chi connectivity index (χ0) is 21.1. The Bertz CT molecular complexity index is 1130. The fourth-order valence-electron chi connectivity index (χ4n) is 3.76. The molecule has 1 N–H and O–H groups in total. The van der Waals surface area contributed by atoms with E-state index >= 15 is 0 Å². The number of carbonyl (C=O) groups excluding carboxylic acids is 1. The summed E-state index contributed by atoms with van der Waals surface area (Å²) in [6, 6.07) is 24.7. The van der Waals surface area contributed by atoms with Gasteiger partial charge in [-0.25, -0.2) is 4.98 Å². The first kappa shape index (κ1) is 19.9. The Kier molecular flexibility index (Phi) is 5.38. The maximum absolute atomic E-state index is 12.1. The monoisotopic (exact) mass is 400 g/mol. The number of benzene rings is 3. The van der Waals surface area contributed by atoms with Gasteiger partial charge in [-0.15, -0.1) is 0 Å². The number of imidazole rings is 1. The molecule has 3 aromatic carbocycles. The largest absolute Gasteiger partial charge is 0.486 e. The zero-order valence-corrected chi connectivity index (χ0v) is 17.1. The van der Waals surface area contributed by atoms with Crippen LogP contribution in [0.25, 0.3) is 11.0 Å². The van der Waals surface area contributed by atoms with E-state index in [1.54, 1.807) is 6.07 Å². The zero-order valence-electron chi connectivity index (χ0n) is 17.1. The molecule has 1 heterocycles. The van der Waals surface area contributed by atoms with Gasteiger partial charge in [0.25, 0.3) is 0 Å². The third-order valence-electron chi connectivity index (χ3n) is 5.18. The predicted molar refractivity (Wildman–Crippen MR) is 117 cm³/mol. The molecule has 5 nitrogen and oxygen atoms in total. The number of ketones is 1. The molecular formula is C25H24N2O3. The number of aryl methyl sites for hydroxylation is 1. The molecule has 0 spiro atoms. The van der Waals surface area contributed by atoms with Gasteiger partial charge in [0.05, 0.1) is 11.0 Å². The van der Waals surface area contributed by atoms with Gasteiger partial charge in [0.1, 0.15) is 12.4 Å². The lowest BCUT2D eigenvalue weighted by molar-refractivity contribution is -0.118. The van der Waals surface area contributed by atoms with E-state index in [1.807, 2.05) is 84.3 Å². The summed E-state index contributed by atoms with van der Waals surface area (Å²) in [5, 5.41) is 12.1. The first-order valence-electron chi connectivity index (χ1n) is 10.0. The molecule has 0 saturated carbocycles. The number of rotatable bonds is 7. The van der Waals surface area contributed by atoms with Crippen molar-refractivity contribution in [2.24, 2.45) is 0 Å². The Morgan fingerprint density at radius 1 is 1.00 bits per heavy atom. The minimum absolute atomic E-state index is 0.0244. The molecule has 0 radical (unpaired) electrons. The molecule has 0 bridgehead atoms. The van der Waals surface area contributed by atoms with Crippen molar-refractivity contribution in [1.82, 2.24) is 9.55 Å². The number of aliphatic hydroxyl groups is 1. The van der Waals surface area contributed by atoms with Gasteiger partial charge in [0.15, 0.2) is 17.2 Å². The van der Waals surface area contributed by atoms with Gasteiger partial charge in [-0.2, -0.15) is 0 Å². The Morgan fingerprint density at radius 2 is 1.60 bits per heavy atom. The van der Waals surface area contributed by atoms with Crippen LogP contribution in [-0.4, -0.2) is 27.0 Å². The molecule has 152 valence electrons. The lowest BCUT2D eigenvalue weighted by atomic mass is 9.85. The van der Waals surface area contributed by atoms with Crippen LogP contribution < -0.4 is 4.74 Å². The number of Topliss-reactive ketones (excluding diaryl/α,β-unsaturated/α-hetero) is 1. The summed E-state index contributed by atoms with van der Waals surface area (Å²) in [4.78, 5) is 16.1. The molecular weight excluding hydrogens is 376 g/mol. The molecule has 4 aromatic rings. The molecule has 0 aliphatic heterocycles. The summed E-state index contributed by atoms with van der Waals surface area (Å²) in [6.45, 7) is 4.15. The van der Waals surface area contributed by atoms with Crippen LogP contribution >= 0.6 is 0 Å². The van der Waals surface area contributed by atoms with Gasteiger partial charge in [-0.1, -0.05) is 60.7 Å². The minimum Gasteiger partial charge on any atom is -0.486 e. The lowest BCUT2D eigenvalue weighted by Crippen LogP contribution is -2.32. The number of hydrogen-bond donors (Lipinski definition) is 1. The fourth-order valence-corrected chi connectivity index (χ4v) is 3.76. The Balaban J connectivity index is 1.93. The third kappa shape index (κ3) is 3.48. The summed E-state index contributed by atoms with van der Waals surface area (Å²) in [7, 11) is 0. The van der Waals surface area contributed by atoms with Crippen LogP contribution in [-0.2, 0) is 16.9 Å². The van der Waals surface area contributed by atoms with E-state index in [-0.39, 0.29) is 12.4 Å². The molecule has 0 amide bonds. The van der Waals surface area contributed by atoms with Crippen LogP contribution in [0.2, 0.25) is 0 Å². The molecule has 0 aliphatic rings. The summed E-state index contributed by atoms with van der Waals surface area (Å²) in [5.41, 5.74) is 1.67. The summed E-state index contributed by atoms with van der Waals surface area (Å²) >= 11 is 0. The first-order chi connectivity index (χ1) is 14.5.